The highest BCUT2D eigenvalue weighted by atomic mass is 35.5. The van der Waals surface area contributed by atoms with Crippen LogP contribution in [0.3, 0.4) is 0 Å². The van der Waals surface area contributed by atoms with Crippen LogP contribution < -0.4 is 37.1 Å². The Balaban J connectivity index is 2.48. The van der Waals surface area contributed by atoms with Crippen molar-refractivity contribution in [3.05, 3.63) is 43.6 Å². The number of hydrogen-bond acceptors (Lipinski definition) is 7. The predicted octanol–water partition coefficient (Wildman–Crippen LogP) is 0.722. The summed E-state index contributed by atoms with van der Waals surface area (Å²) in [5.74, 6) is -1.36. The standard InChI is InChI=1S/C19H24ClN5O6/c1-4-5-6-25-16(22)14(17(27)23-19(25)29)24(2)18(28)10-7-11(20)15(12(8-10)30-3)31-9-13(21)26/h7-8H,4-6,9,22H2,1-3H3,(H2,21,26)(H,23,27,29). The number of methoxy groups -OCH3 is 1. The largest absolute Gasteiger partial charge is 0.493 e. The molecule has 0 aliphatic heterocycles. The summed E-state index contributed by atoms with van der Waals surface area (Å²) in [4.78, 5) is 51.7. The van der Waals surface area contributed by atoms with E-state index in [4.69, 9.17) is 32.5 Å². The molecule has 0 saturated heterocycles. The molecule has 0 spiro atoms. The number of anilines is 2. The number of ether oxygens (including phenoxy) is 2. The van der Waals surface area contributed by atoms with Gasteiger partial charge in [0.2, 0.25) is 0 Å². The molecular weight excluding hydrogens is 430 g/mol. The van der Waals surface area contributed by atoms with Gasteiger partial charge in [-0.1, -0.05) is 24.9 Å². The summed E-state index contributed by atoms with van der Waals surface area (Å²) in [6.07, 6.45) is 1.46. The van der Waals surface area contributed by atoms with Crippen LogP contribution in [0.25, 0.3) is 0 Å². The molecule has 0 saturated carbocycles. The first-order valence-electron chi connectivity index (χ1n) is 9.31. The number of H-pyrrole nitrogens is 1. The summed E-state index contributed by atoms with van der Waals surface area (Å²) in [6.45, 7) is 1.80. The number of halogens is 1. The number of hydrogen-bond donors (Lipinski definition) is 3. The van der Waals surface area contributed by atoms with E-state index in [0.717, 1.165) is 11.3 Å². The Labute approximate surface area is 182 Å². The zero-order chi connectivity index (χ0) is 23.3. The third kappa shape index (κ3) is 5.18. The highest BCUT2D eigenvalue weighted by molar-refractivity contribution is 6.33. The van der Waals surface area contributed by atoms with Crippen molar-refractivity contribution in [1.29, 1.82) is 0 Å². The lowest BCUT2D eigenvalue weighted by molar-refractivity contribution is -0.119. The number of nitrogens with one attached hydrogen (secondary N) is 1. The average molecular weight is 454 g/mol. The Morgan fingerprint density at radius 2 is 1.97 bits per heavy atom. The molecule has 0 aliphatic carbocycles. The van der Waals surface area contributed by atoms with E-state index in [1.165, 1.54) is 30.9 Å². The molecule has 0 aliphatic rings. The van der Waals surface area contributed by atoms with E-state index in [2.05, 4.69) is 4.98 Å². The predicted molar refractivity (Wildman–Crippen MR) is 116 cm³/mol. The zero-order valence-corrected chi connectivity index (χ0v) is 18.1. The van der Waals surface area contributed by atoms with Crippen LogP contribution in [0.2, 0.25) is 5.02 Å². The third-order valence-electron chi connectivity index (χ3n) is 4.42. The second kappa shape index (κ2) is 10.0. The Bertz CT molecular complexity index is 1110. The van der Waals surface area contributed by atoms with Crippen LogP contribution in [0.5, 0.6) is 11.5 Å². The van der Waals surface area contributed by atoms with Gasteiger partial charge in [0.15, 0.2) is 23.8 Å². The minimum atomic E-state index is -0.800. The van der Waals surface area contributed by atoms with Gasteiger partial charge in [0, 0.05) is 19.2 Å². The molecule has 2 aromatic rings. The Hall–Kier alpha value is -3.47. The van der Waals surface area contributed by atoms with Crippen LogP contribution in [0, 0.1) is 0 Å². The molecule has 0 atom stereocenters. The molecule has 2 amide bonds. The van der Waals surface area contributed by atoms with Crippen molar-refractivity contribution >= 4 is 34.9 Å². The van der Waals surface area contributed by atoms with Crippen molar-refractivity contribution in [3.8, 4) is 11.5 Å². The normalized spacial score (nSPS) is 10.6. The van der Waals surface area contributed by atoms with E-state index in [9.17, 15) is 19.2 Å². The number of nitrogens with zero attached hydrogens (tertiary/aromatic N) is 2. The maximum absolute atomic E-state index is 13.1. The van der Waals surface area contributed by atoms with Crippen molar-refractivity contribution in [1.82, 2.24) is 9.55 Å². The number of nitrogens with two attached hydrogens (primary N) is 2. The van der Waals surface area contributed by atoms with Crippen LogP contribution in [-0.4, -0.2) is 42.1 Å². The number of unbranched alkanes of at least 4 members (excludes halogenated alkanes) is 1. The molecule has 0 radical (unpaired) electrons. The monoisotopic (exact) mass is 453 g/mol. The van der Waals surface area contributed by atoms with E-state index < -0.39 is 29.7 Å². The molecule has 0 unspecified atom stereocenters. The van der Waals surface area contributed by atoms with Gasteiger partial charge in [0.05, 0.1) is 12.1 Å². The summed E-state index contributed by atoms with van der Waals surface area (Å²) in [6, 6.07) is 2.62. The maximum Gasteiger partial charge on any atom is 0.330 e. The fraction of sp³-hybridized carbons (Fsp3) is 0.368. The van der Waals surface area contributed by atoms with Gasteiger partial charge in [-0.05, 0) is 18.6 Å². The van der Waals surface area contributed by atoms with Gasteiger partial charge in [-0.3, -0.25) is 23.9 Å². The molecule has 11 nitrogen and oxygen atoms in total. The van der Waals surface area contributed by atoms with E-state index in [1.54, 1.807) is 0 Å². The molecular formula is C19H24ClN5O6. The Kier molecular flexibility index (Phi) is 7.70. The summed E-state index contributed by atoms with van der Waals surface area (Å²) in [7, 11) is 2.67. The zero-order valence-electron chi connectivity index (χ0n) is 17.4. The molecule has 0 bridgehead atoms. The van der Waals surface area contributed by atoms with Crippen LogP contribution in [0.4, 0.5) is 11.5 Å². The SMILES string of the molecule is CCCCn1c(N)c(N(C)C(=O)c2cc(Cl)c(OCC(N)=O)c(OC)c2)c(=O)[nH]c1=O. The number of aromatic nitrogens is 2. The summed E-state index contributed by atoms with van der Waals surface area (Å²) < 4.78 is 11.6. The number of amides is 2. The average Bonchev–Trinajstić information content (AvgIpc) is 2.71. The number of rotatable bonds is 9. The van der Waals surface area contributed by atoms with Gasteiger partial charge >= 0.3 is 5.69 Å². The minimum Gasteiger partial charge on any atom is -0.493 e. The molecule has 1 aromatic heterocycles. The molecule has 1 aromatic carbocycles. The fourth-order valence-electron chi connectivity index (χ4n) is 2.86. The summed E-state index contributed by atoms with van der Waals surface area (Å²) in [5.41, 5.74) is 9.55. The van der Waals surface area contributed by atoms with E-state index >= 15 is 0 Å². The molecule has 0 fully saturated rings. The number of nitrogen functional groups attached to an aromatic ring is 1. The fourth-order valence-corrected chi connectivity index (χ4v) is 3.13. The lowest BCUT2D eigenvalue weighted by atomic mass is 10.1. The molecule has 168 valence electrons. The van der Waals surface area contributed by atoms with E-state index in [-0.39, 0.29) is 33.6 Å². The van der Waals surface area contributed by atoms with Crippen LogP contribution in [-0.2, 0) is 11.3 Å². The van der Waals surface area contributed by atoms with Crippen molar-refractivity contribution in [2.75, 3.05) is 31.4 Å². The topological polar surface area (TPSA) is 163 Å². The van der Waals surface area contributed by atoms with Gasteiger partial charge in [-0.25, -0.2) is 4.79 Å². The smallest absolute Gasteiger partial charge is 0.330 e. The van der Waals surface area contributed by atoms with Gasteiger partial charge < -0.3 is 25.8 Å². The van der Waals surface area contributed by atoms with Crippen LogP contribution in [0.15, 0.2) is 21.7 Å². The van der Waals surface area contributed by atoms with Gasteiger partial charge in [0.25, 0.3) is 17.4 Å². The molecule has 12 heteroatoms. The van der Waals surface area contributed by atoms with Gasteiger partial charge in [0.1, 0.15) is 5.82 Å². The Morgan fingerprint density at radius 3 is 2.55 bits per heavy atom. The first kappa shape index (κ1) is 23.8. The number of primary amides is 1. The number of aromatic amines is 1. The van der Waals surface area contributed by atoms with Crippen molar-refractivity contribution < 1.29 is 19.1 Å². The molecule has 2 rings (SSSR count). The van der Waals surface area contributed by atoms with Crippen molar-refractivity contribution in [2.45, 2.75) is 26.3 Å². The second-order valence-corrected chi connectivity index (χ2v) is 7.01. The first-order chi connectivity index (χ1) is 14.6. The molecule has 5 N–H and O–H groups in total. The quantitative estimate of drug-likeness (QED) is 0.503. The minimum absolute atomic E-state index is 0.00727. The third-order valence-corrected chi connectivity index (χ3v) is 4.71. The van der Waals surface area contributed by atoms with Crippen LogP contribution in [0.1, 0.15) is 30.1 Å². The second-order valence-electron chi connectivity index (χ2n) is 6.61. The highest BCUT2D eigenvalue weighted by Gasteiger charge is 2.24. The van der Waals surface area contributed by atoms with Crippen molar-refractivity contribution in [2.24, 2.45) is 5.73 Å². The number of benzene rings is 1. The van der Waals surface area contributed by atoms with Gasteiger partial charge in [-0.15, -0.1) is 0 Å². The lowest BCUT2D eigenvalue weighted by Gasteiger charge is -2.21. The van der Waals surface area contributed by atoms with Gasteiger partial charge in [-0.2, -0.15) is 0 Å². The van der Waals surface area contributed by atoms with Crippen molar-refractivity contribution in [3.63, 3.8) is 0 Å². The number of carbonyl (C=O) groups excluding carboxylic acids is 2. The number of carbonyl (C=O) groups is 2. The first-order valence-corrected chi connectivity index (χ1v) is 9.69. The van der Waals surface area contributed by atoms with Crippen LogP contribution >= 0.6 is 11.6 Å². The lowest BCUT2D eigenvalue weighted by Crippen LogP contribution is -2.39. The van der Waals surface area contributed by atoms with E-state index in [0.29, 0.717) is 13.0 Å². The van der Waals surface area contributed by atoms with E-state index in [1.807, 2.05) is 6.92 Å². The summed E-state index contributed by atoms with van der Waals surface area (Å²) >= 11 is 6.19. The molecule has 31 heavy (non-hydrogen) atoms. The highest BCUT2D eigenvalue weighted by Crippen LogP contribution is 2.37. The maximum atomic E-state index is 13.1. The summed E-state index contributed by atoms with van der Waals surface area (Å²) in [5, 5.41) is -0.00727. The molecule has 1 heterocycles. The Morgan fingerprint density at radius 1 is 1.29 bits per heavy atom.